The molecule has 0 unspecified atom stereocenters. The Morgan fingerprint density at radius 2 is 1.66 bits per heavy atom. The third-order valence-corrected chi connectivity index (χ3v) is 7.09. The average molecular weight is 446 g/mol. The summed E-state index contributed by atoms with van der Waals surface area (Å²) in [6, 6.07) is 24.5. The number of hydrogen-bond acceptors (Lipinski definition) is 4. The second kappa shape index (κ2) is 9.00. The van der Waals surface area contributed by atoms with Crippen LogP contribution in [0, 0.1) is 0 Å². The number of ether oxygens (including phenoxy) is 2. The van der Waals surface area contributed by atoms with Gasteiger partial charge in [-0.05, 0) is 65.8 Å². The first kappa shape index (κ1) is 21.1. The number of carbonyl (C=O) groups excluding carboxylic acids is 1. The van der Waals surface area contributed by atoms with Gasteiger partial charge in [-0.1, -0.05) is 36.4 Å². The molecular weight excluding hydrogens is 418 g/mol. The van der Waals surface area contributed by atoms with E-state index in [2.05, 4.69) is 48.7 Å². The van der Waals surface area contributed by atoms with E-state index < -0.39 is 5.79 Å². The van der Waals surface area contributed by atoms with Gasteiger partial charge in [-0.2, -0.15) is 0 Å². The van der Waals surface area contributed by atoms with Crippen molar-refractivity contribution in [1.29, 1.82) is 0 Å². The highest BCUT2D eigenvalue weighted by Crippen LogP contribution is 2.37. The summed E-state index contributed by atoms with van der Waals surface area (Å²) in [5, 5.41) is 0. The van der Waals surface area contributed by atoms with Crippen molar-refractivity contribution in [3.8, 4) is 16.9 Å². The Labute approximate surface area is 193 Å². The van der Waals surface area contributed by atoms with Crippen LogP contribution in [0.4, 0.5) is 0 Å². The molecule has 0 N–H and O–H groups in total. The maximum absolute atomic E-state index is 12.8. The molecule has 164 valence electrons. The lowest BCUT2D eigenvalue weighted by atomic mass is 10.0. The van der Waals surface area contributed by atoms with Crippen molar-refractivity contribution in [3.05, 3.63) is 83.9 Å². The maximum Gasteiger partial charge on any atom is 0.253 e. The molecule has 0 bridgehead atoms. The Bertz CT molecular complexity index is 1090. The van der Waals surface area contributed by atoms with Crippen LogP contribution in [0.3, 0.4) is 0 Å². The Kier molecular flexibility index (Phi) is 5.94. The van der Waals surface area contributed by atoms with Crippen molar-refractivity contribution >= 4 is 17.7 Å². The molecule has 2 aliphatic rings. The van der Waals surface area contributed by atoms with Crippen LogP contribution in [-0.2, 0) is 11.2 Å². The topological polar surface area (TPSA) is 38.8 Å². The summed E-state index contributed by atoms with van der Waals surface area (Å²) in [5.74, 6) is 0.321. The van der Waals surface area contributed by atoms with Crippen LogP contribution in [0.25, 0.3) is 11.1 Å². The van der Waals surface area contributed by atoms with Crippen LogP contribution in [0.2, 0.25) is 0 Å². The minimum Gasteiger partial charge on any atom is -0.462 e. The van der Waals surface area contributed by atoms with Gasteiger partial charge in [0, 0.05) is 36.4 Å². The third-order valence-electron chi connectivity index (χ3n) is 6.35. The lowest BCUT2D eigenvalue weighted by molar-refractivity contribution is -0.199. The Morgan fingerprint density at radius 1 is 0.938 bits per heavy atom. The zero-order chi connectivity index (χ0) is 22.0. The van der Waals surface area contributed by atoms with Crippen LogP contribution >= 0.6 is 11.8 Å². The molecule has 4 nitrogen and oxygen atoms in total. The van der Waals surface area contributed by atoms with Gasteiger partial charge >= 0.3 is 0 Å². The average Bonchev–Trinajstić information content (AvgIpc) is 3.03. The summed E-state index contributed by atoms with van der Waals surface area (Å²) < 4.78 is 12.7. The first-order chi connectivity index (χ1) is 15.7. The molecule has 2 aliphatic heterocycles. The van der Waals surface area contributed by atoms with Gasteiger partial charge in [0.05, 0.1) is 6.61 Å². The molecule has 0 aromatic heterocycles. The van der Waals surface area contributed by atoms with E-state index in [4.69, 9.17) is 9.47 Å². The summed E-state index contributed by atoms with van der Waals surface area (Å²) in [7, 11) is 0. The summed E-state index contributed by atoms with van der Waals surface area (Å²) in [4.78, 5) is 16.0. The van der Waals surface area contributed by atoms with Crippen LogP contribution in [0.15, 0.2) is 77.7 Å². The van der Waals surface area contributed by atoms with Gasteiger partial charge in [0.2, 0.25) is 5.79 Å². The largest absolute Gasteiger partial charge is 0.462 e. The fourth-order valence-electron chi connectivity index (χ4n) is 4.47. The molecule has 1 amide bonds. The van der Waals surface area contributed by atoms with E-state index in [1.165, 1.54) is 21.6 Å². The predicted octanol–water partition coefficient (Wildman–Crippen LogP) is 5.66. The number of thioether (sulfide) groups is 1. The molecular formula is C27H27NO3S. The molecule has 0 radical (unpaired) electrons. The fourth-order valence-corrected chi connectivity index (χ4v) is 4.88. The van der Waals surface area contributed by atoms with Gasteiger partial charge in [0.15, 0.2) is 0 Å². The number of amides is 1. The first-order valence-corrected chi connectivity index (χ1v) is 12.3. The van der Waals surface area contributed by atoms with Crippen molar-refractivity contribution in [1.82, 2.24) is 4.90 Å². The quantitative estimate of drug-likeness (QED) is 0.488. The molecule has 0 aliphatic carbocycles. The molecule has 5 heteroatoms. The number of piperidine rings is 1. The van der Waals surface area contributed by atoms with Crippen molar-refractivity contribution < 1.29 is 14.3 Å². The van der Waals surface area contributed by atoms with Crippen LogP contribution in [0.5, 0.6) is 5.75 Å². The fraction of sp³-hybridized carbons (Fsp3) is 0.296. The molecule has 1 saturated heterocycles. The van der Waals surface area contributed by atoms with E-state index >= 15 is 0 Å². The number of rotatable bonds is 3. The van der Waals surface area contributed by atoms with Crippen molar-refractivity contribution in [2.75, 3.05) is 26.0 Å². The molecule has 1 spiro atoms. The number of benzene rings is 3. The minimum absolute atomic E-state index is 0.0756. The molecule has 0 saturated carbocycles. The second-order valence-corrected chi connectivity index (χ2v) is 9.20. The maximum atomic E-state index is 12.8. The van der Waals surface area contributed by atoms with E-state index in [-0.39, 0.29) is 5.91 Å². The SMILES string of the molecule is CSc1ccc(-c2ccc3c(c2)CCOC2(CCN(C(=O)c4ccccc4)CC2)O3)cc1. The summed E-state index contributed by atoms with van der Waals surface area (Å²) >= 11 is 1.75. The van der Waals surface area contributed by atoms with Gasteiger partial charge < -0.3 is 14.4 Å². The highest BCUT2D eigenvalue weighted by atomic mass is 32.2. The van der Waals surface area contributed by atoms with Crippen molar-refractivity contribution in [2.24, 2.45) is 0 Å². The molecule has 2 heterocycles. The third kappa shape index (κ3) is 4.27. The molecule has 5 rings (SSSR count). The monoisotopic (exact) mass is 445 g/mol. The normalized spacial score (nSPS) is 17.3. The molecule has 3 aromatic rings. The van der Waals surface area contributed by atoms with Crippen molar-refractivity contribution in [2.45, 2.75) is 29.9 Å². The van der Waals surface area contributed by atoms with E-state index in [1.54, 1.807) is 11.8 Å². The molecule has 0 atom stereocenters. The highest BCUT2D eigenvalue weighted by molar-refractivity contribution is 7.98. The van der Waals surface area contributed by atoms with Gasteiger partial charge in [-0.3, -0.25) is 4.79 Å². The molecule has 3 aromatic carbocycles. The van der Waals surface area contributed by atoms with E-state index in [9.17, 15) is 4.79 Å². The standard InChI is InChI=1S/C27H27NO3S/c1-32-24-10-7-20(8-11-24)22-9-12-25-23(19-22)13-18-30-27(31-25)14-16-28(17-15-27)26(29)21-5-3-2-4-6-21/h2-12,19H,13-18H2,1H3. The van der Waals surface area contributed by atoms with Gasteiger partial charge in [-0.25, -0.2) is 0 Å². The Hall–Kier alpha value is -2.76. The predicted molar refractivity (Wildman–Crippen MR) is 128 cm³/mol. The Balaban J connectivity index is 1.30. The highest BCUT2D eigenvalue weighted by Gasteiger charge is 2.40. The zero-order valence-corrected chi connectivity index (χ0v) is 19.1. The van der Waals surface area contributed by atoms with Crippen LogP contribution in [0.1, 0.15) is 28.8 Å². The number of nitrogens with zero attached hydrogens (tertiary/aromatic N) is 1. The molecule has 32 heavy (non-hydrogen) atoms. The first-order valence-electron chi connectivity index (χ1n) is 11.1. The number of likely N-dealkylation sites (tertiary alicyclic amines) is 1. The lowest BCUT2D eigenvalue weighted by Crippen LogP contribution is -2.51. The number of fused-ring (bicyclic) bond motifs is 1. The zero-order valence-electron chi connectivity index (χ0n) is 18.3. The lowest BCUT2D eigenvalue weighted by Gasteiger charge is -2.40. The van der Waals surface area contributed by atoms with Crippen molar-refractivity contribution in [3.63, 3.8) is 0 Å². The summed E-state index contributed by atoms with van der Waals surface area (Å²) in [6.07, 6.45) is 4.25. The minimum atomic E-state index is -0.653. The smallest absolute Gasteiger partial charge is 0.253 e. The van der Waals surface area contributed by atoms with Gasteiger partial charge in [0.1, 0.15) is 5.75 Å². The molecule has 1 fully saturated rings. The van der Waals surface area contributed by atoms with Gasteiger partial charge in [0.25, 0.3) is 5.91 Å². The Morgan fingerprint density at radius 3 is 2.38 bits per heavy atom. The summed E-state index contributed by atoms with van der Waals surface area (Å²) in [5.41, 5.74) is 4.31. The van der Waals surface area contributed by atoms with Crippen LogP contribution < -0.4 is 4.74 Å². The van der Waals surface area contributed by atoms with E-state index in [0.717, 1.165) is 17.7 Å². The van der Waals surface area contributed by atoms with Gasteiger partial charge in [-0.15, -0.1) is 11.8 Å². The second-order valence-electron chi connectivity index (χ2n) is 8.32. The van der Waals surface area contributed by atoms with E-state index in [1.807, 2.05) is 35.2 Å². The van der Waals surface area contributed by atoms with E-state index in [0.29, 0.717) is 32.5 Å². The number of hydrogen-bond donors (Lipinski definition) is 0. The number of carbonyl (C=O) groups is 1. The van der Waals surface area contributed by atoms with Crippen LogP contribution in [-0.4, -0.2) is 42.5 Å². The summed E-state index contributed by atoms with van der Waals surface area (Å²) in [6.45, 7) is 1.88.